The molecule has 172 valence electrons. The first kappa shape index (κ1) is 24.4. The number of hydrogen-bond acceptors (Lipinski definition) is 6. The van der Waals surface area contributed by atoms with E-state index in [1.807, 2.05) is 16.4 Å². The van der Waals surface area contributed by atoms with Crippen LogP contribution in [0.25, 0.3) is 0 Å². The van der Waals surface area contributed by atoms with Gasteiger partial charge in [0.05, 0.1) is 39.5 Å². The zero-order valence-corrected chi connectivity index (χ0v) is 21.5. The fraction of sp³-hybridized carbons (Fsp3) is 0.773. The number of hydrogen-bond donors (Lipinski definition) is 0. The molecule has 7 nitrogen and oxygen atoms in total. The van der Waals surface area contributed by atoms with Gasteiger partial charge in [0.15, 0.2) is 8.32 Å². The Bertz CT molecular complexity index is 786. The van der Waals surface area contributed by atoms with Crippen molar-refractivity contribution in [3.05, 3.63) is 11.3 Å². The summed E-state index contributed by atoms with van der Waals surface area (Å²) >= 11 is 0. The third kappa shape index (κ3) is 4.22. The lowest BCUT2D eigenvalue weighted by Crippen LogP contribution is -2.65. The van der Waals surface area contributed by atoms with Gasteiger partial charge >= 0.3 is 5.97 Å². The minimum Gasteiger partial charge on any atom is -0.447 e. The highest BCUT2D eigenvalue weighted by Crippen LogP contribution is 2.49. The summed E-state index contributed by atoms with van der Waals surface area (Å²) in [5.74, 6) is -0.668. The topological polar surface area (TPSA) is 82.9 Å². The van der Waals surface area contributed by atoms with Crippen LogP contribution in [0.2, 0.25) is 18.1 Å². The summed E-state index contributed by atoms with van der Waals surface area (Å²) in [6, 6.07) is 5.40. The molecule has 2 saturated heterocycles. The van der Waals surface area contributed by atoms with Crippen LogP contribution in [0.1, 0.15) is 41.0 Å². The molecule has 0 radical (unpaired) electrons. The van der Waals surface area contributed by atoms with E-state index in [9.17, 15) is 14.9 Å². The predicted octanol–water partition coefficient (Wildman–Crippen LogP) is 3.31. The van der Waals surface area contributed by atoms with E-state index < -0.39 is 14.3 Å². The maximum atomic E-state index is 13.2. The van der Waals surface area contributed by atoms with Crippen LogP contribution in [-0.4, -0.2) is 61.8 Å². The van der Waals surface area contributed by atoms with E-state index in [1.54, 1.807) is 4.90 Å². The maximum absolute atomic E-state index is 13.2. The summed E-state index contributed by atoms with van der Waals surface area (Å²) in [5.41, 5.74) is 1.34. The summed E-state index contributed by atoms with van der Waals surface area (Å²) in [5, 5.41) is 9.22. The Labute approximate surface area is 189 Å². The minimum absolute atomic E-state index is 0.0319. The number of fused-ring (bicyclic) bond motifs is 1. The Kier molecular flexibility index (Phi) is 7.63. The van der Waals surface area contributed by atoms with Crippen molar-refractivity contribution in [3.63, 3.8) is 0 Å². The zero-order chi connectivity index (χ0) is 22.9. The number of nitriles is 1. The number of rotatable bonds is 9. The first-order chi connectivity index (χ1) is 14.8. The minimum atomic E-state index is -1.84. The van der Waals surface area contributed by atoms with Gasteiger partial charge in [-0.25, -0.2) is 4.79 Å². The summed E-state index contributed by atoms with van der Waals surface area (Å²) in [4.78, 5) is 29.8. The number of carbonyl (C=O) groups is 2. The molecule has 0 aromatic carbocycles. The van der Waals surface area contributed by atoms with Crippen molar-refractivity contribution >= 4 is 29.7 Å². The van der Waals surface area contributed by atoms with Gasteiger partial charge in [-0.1, -0.05) is 27.7 Å². The monoisotopic (exact) mass is 465 g/mol. The molecule has 0 aromatic rings. The van der Waals surface area contributed by atoms with Gasteiger partial charge in [0.2, 0.25) is 5.91 Å². The molecule has 0 bridgehead atoms. The number of nitrogens with zero attached hydrogens (tertiary/aromatic N) is 3. The Morgan fingerprint density at radius 1 is 1.32 bits per heavy atom. The maximum Gasteiger partial charge on any atom is 0.357 e. The summed E-state index contributed by atoms with van der Waals surface area (Å²) < 4.78 is 11.6. The highest BCUT2D eigenvalue weighted by Gasteiger charge is 2.61. The third-order valence-corrected chi connectivity index (χ3v) is 12.8. The van der Waals surface area contributed by atoms with Gasteiger partial charge in [-0.2, -0.15) is 5.26 Å². The molecule has 3 rings (SSSR count). The van der Waals surface area contributed by atoms with Crippen LogP contribution in [0.5, 0.6) is 0 Å². The molecular formula is C22H36N3O4PSi. The normalized spacial score (nSPS) is 29.6. The smallest absolute Gasteiger partial charge is 0.357 e. The SMILES string of the molecule is CC[Si](CC)(CC)O[C@H](C)C1C(=O)N2C(C(=O)OP)=C(CN3CC[C@H](C#N)C3)[C@H](C)[C@H]12. The van der Waals surface area contributed by atoms with Gasteiger partial charge in [0.25, 0.3) is 0 Å². The second-order valence-corrected chi connectivity index (χ2v) is 14.2. The zero-order valence-electron chi connectivity index (χ0n) is 19.4. The molecule has 6 atom stereocenters. The number of likely N-dealkylation sites (tertiary alicyclic amines) is 1. The quantitative estimate of drug-likeness (QED) is 0.295. The van der Waals surface area contributed by atoms with Crippen molar-refractivity contribution in [3.8, 4) is 6.07 Å². The van der Waals surface area contributed by atoms with Gasteiger partial charge in [0, 0.05) is 19.0 Å². The number of β-lactam (4-membered cyclic amide) rings is 1. The van der Waals surface area contributed by atoms with Crippen molar-refractivity contribution in [2.45, 2.75) is 71.3 Å². The van der Waals surface area contributed by atoms with Crippen molar-refractivity contribution in [1.29, 1.82) is 5.26 Å². The Balaban J connectivity index is 1.82. The van der Waals surface area contributed by atoms with E-state index in [2.05, 4.69) is 38.7 Å². The highest BCUT2D eigenvalue weighted by molar-refractivity contribution is 7.10. The Morgan fingerprint density at radius 2 is 1.97 bits per heavy atom. The third-order valence-electron chi connectivity index (χ3n) is 7.82. The Morgan fingerprint density at radius 3 is 2.48 bits per heavy atom. The first-order valence-electron chi connectivity index (χ1n) is 11.5. The van der Waals surface area contributed by atoms with E-state index in [0.29, 0.717) is 18.8 Å². The van der Waals surface area contributed by atoms with E-state index in [0.717, 1.165) is 36.7 Å². The predicted molar refractivity (Wildman–Crippen MR) is 124 cm³/mol. The number of amides is 1. The van der Waals surface area contributed by atoms with Gasteiger partial charge < -0.3 is 13.8 Å². The lowest BCUT2D eigenvalue weighted by atomic mass is 9.77. The molecule has 0 N–H and O–H groups in total. The van der Waals surface area contributed by atoms with E-state index in [4.69, 9.17) is 8.95 Å². The van der Waals surface area contributed by atoms with Crippen LogP contribution in [0.3, 0.4) is 0 Å². The highest BCUT2D eigenvalue weighted by atomic mass is 31.0. The van der Waals surface area contributed by atoms with Crippen LogP contribution in [0, 0.1) is 29.1 Å². The molecular weight excluding hydrogens is 429 g/mol. The van der Waals surface area contributed by atoms with Gasteiger partial charge in [-0.3, -0.25) is 9.69 Å². The fourth-order valence-electron chi connectivity index (χ4n) is 5.68. The largest absolute Gasteiger partial charge is 0.447 e. The molecule has 3 aliphatic heterocycles. The second-order valence-electron chi connectivity index (χ2n) is 9.21. The molecule has 0 spiro atoms. The van der Waals surface area contributed by atoms with Gasteiger partial charge in [-0.15, -0.1) is 0 Å². The fourth-order valence-corrected chi connectivity index (χ4v) is 8.72. The number of carbonyl (C=O) groups excluding carboxylic acids is 2. The van der Waals surface area contributed by atoms with E-state index in [-0.39, 0.29) is 35.8 Å². The van der Waals surface area contributed by atoms with Gasteiger partial charge in [0.1, 0.15) is 5.70 Å². The lowest BCUT2D eigenvalue weighted by molar-refractivity contribution is -0.161. The summed E-state index contributed by atoms with van der Waals surface area (Å²) in [6.45, 7) is 12.8. The molecule has 3 aliphatic rings. The average molecular weight is 466 g/mol. The molecule has 31 heavy (non-hydrogen) atoms. The second kappa shape index (κ2) is 9.70. The van der Waals surface area contributed by atoms with Crippen molar-refractivity contribution < 1.29 is 18.5 Å². The molecule has 0 saturated carbocycles. The van der Waals surface area contributed by atoms with Gasteiger partial charge in [-0.05, 0) is 43.6 Å². The van der Waals surface area contributed by atoms with E-state index in [1.165, 1.54) is 0 Å². The summed E-state index contributed by atoms with van der Waals surface area (Å²) in [6.07, 6.45) is 0.684. The Hall–Kier alpha value is -1.26. The van der Waals surface area contributed by atoms with Crippen molar-refractivity contribution in [2.24, 2.45) is 17.8 Å². The molecule has 0 aromatic heterocycles. The first-order valence-corrected chi connectivity index (χ1v) is 14.5. The lowest BCUT2D eigenvalue weighted by Gasteiger charge is -2.49. The molecule has 0 aliphatic carbocycles. The average Bonchev–Trinajstić information content (AvgIpc) is 3.33. The van der Waals surface area contributed by atoms with Crippen molar-refractivity contribution in [2.75, 3.05) is 19.6 Å². The van der Waals surface area contributed by atoms with Crippen LogP contribution in [0.4, 0.5) is 0 Å². The van der Waals surface area contributed by atoms with E-state index >= 15 is 0 Å². The molecule has 1 amide bonds. The summed E-state index contributed by atoms with van der Waals surface area (Å²) in [7, 11) is 0.164. The van der Waals surface area contributed by atoms with Crippen molar-refractivity contribution in [1.82, 2.24) is 9.80 Å². The van der Waals surface area contributed by atoms with Crippen LogP contribution in [0.15, 0.2) is 11.3 Å². The van der Waals surface area contributed by atoms with Crippen LogP contribution in [-0.2, 0) is 18.5 Å². The van der Waals surface area contributed by atoms with Crippen LogP contribution < -0.4 is 0 Å². The molecule has 2 unspecified atom stereocenters. The molecule has 2 fully saturated rings. The standard InChI is InChI=1S/C22H36N3O4PSi/c1-6-31(7-2,8-3)29-15(5)18-19-14(4)17(13-24-10-9-16(11-23)12-24)20(22(27)28-30)25(19)21(18)26/h14-16,18-19H,6-10,12-13,30H2,1-5H3/t14-,15+,16+,18?,19+/m0/s1. The van der Waals surface area contributed by atoms with Crippen LogP contribution >= 0.6 is 9.47 Å². The molecule has 9 heteroatoms. The molecule has 3 heterocycles.